The van der Waals surface area contributed by atoms with Gasteiger partial charge >= 0.3 is 6.18 Å². The number of ether oxygens (including phenoxy) is 1. The number of amides is 1. The number of anilines is 1. The second-order valence-corrected chi connectivity index (χ2v) is 10.7. The van der Waals surface area contributed by atoms with E-state index in [0.29, 0.717) is 24.5 Å². The number of hydrogen-bond acceptors (Lipinski definition) is 5. The zero-order chi connectivity index (χ0) is 26.0. The molecule has 1 aromatic heterocycles. The van der Waals surface area contributed by atoms with Crippen LogP contribution in [0.25, 0.3) is 0 Å². The largest absolute Gasteiger partial charge is 0.416 e. The minimum Gasteiger partial charge on any atom is -0.378 e. The molecule has 1 saturated carbocycles. The number of carbonyl (C=O) groups excluding carboxylic acids is 1. The zero-order valence-corrected chi connectivity index (χ0v) is 20.7. The van der Waals surface area contributed by atoms with E-state index in [9.17, 15) is 18.0 Å². The summed E-state index contributed by atoms with van der Waals surface area (Å²) in [5.41, 5.74) is 0.712. The van der Waals surface area contributed by atoms with Gasteiger partial charge in [-0.2, -0.15) is 13.2 Å². The molecular weight excluding hydrogens is 483 g/mol. The molecule has 0 spiro atoms. The number of carbonyl (C=O) groups is 1. The highest BCUT2D eigenvalue weighted by atomic mass is 19.4. The molecule has 2 aliphatic heterocycles. The van der Waals surface area contributed by atoms with Crippen molar-refractivity contribution in [2.45, 2.75) is 56.4 Å². The fourth-order valence-electron chi connectivity index (χ4n) is 5.65. The lowest BCUT2D eigenvalue weighted by Gasteiger charge is -2.41. The van der Waals surface area contributed by atoms with Gasteiger partial charge in [-0.3, -0.25) is 4.79 Å². The zero-order valence-electron chi connectivity index (χ0n) is 20.7. The molecule has 6 rings (SSSR count). The molecule has 3 aliphatic rings. The van der Waals surface area contributed by atoms with Gasteiger partial charge in [-0.25, -0.2) is 0 Å². The molecule has 0 radical (unpaired) electrons. The number of halogens is 3. The predicted molar refractivity (Wildman–Crippen MR) is 130 cm³/mol. The summed E-state index contributed by atoms with van der Waals surface area (Å²) in [5.74, 6) is 0.315. The Bertz CT molecular complexity index is 1370. The molecule has 2 fully saturated rings. The maximum atomic E-state index is 14.1. The van der Waals surface area contributed by atoms with Crippen molar-refractivity contribution in [2.24, 2.45) is 7.05 Å². The quantitative estimate of drug-likeness (QED) is 0.533. The first-order chi connectivity index (χ1) is 17.6. The van der Waals surface area contributed by atoms with E-state index in [4.69, 9.17) is 4.74 Å². The number of rotatable bonds is 6. The number of aromatic nitrogens is 3. The summed E-state index contributed by atoms with van der Waals surface area (Å²) in [6, 6.07) is 10.2. The molecule has 0 atom stereocenters. The van der Waals surface area contributed by atoms with Crippen LogP contribution in [0.1, 0.15) is 64.6 Å². The Morgan fingerprint density at radius 3 is 2.54 bits per heavy atom. The average Bonchev–Trinajstić information content (AvgIpc) is 3.38. The Morgan fingerprint density at radius 1 is 1.16 bits per heavy atom. The van der Waals surface area contributed by atoms with E-state index < -0.39 is 23.1 Å². The predicted octanol–water partition coefficient (Wildman–Crippen LogP) is 4.34. The van der Waals surface area contributed by atoms with Crippen LogP contribution >= 0.6 is 0 Å². The summed E-state index contributed by atoms with van der Waals surface area (Å²) < 4.78 is 49.7. The molecule has 0 unspecified atom stereocenters. The van der Waals surface area contributed by atoms with Crippen LogP contribution < -0.4 is 10.2 Å². The Morgan fingerprint density at radius 2 is 1.95 bits per heavy atom. The van der Waals surface area contributed by atoms with Gasteiger partial charge in [-0.15, -0.1) is 10.2 Å². The summed E-state index contributed by atoms with van der Waals surface area (Å²) >= 11 is 0. The first-order valence-corrected chi connectivity index (χ1v) is 12.4. The van der Waals surface area contributed by atoms with Gasteiger partial charge in [0.25, 0.3) is 5.91 Å². The number of hydrogen-bond donors (Lipinski definition) is 1. The highest BCUT2D eigenvalue weighted by Crippen LogP contribution is 2.42. The van der Waals surface area contributed by atoms with Crippen molar-refractivity contribution in [1.82, 2.24) is 20.1 Å². The summed E-state index contributed by atoms with van der Waals surface area (Å²) in [6.07, 6.45) is 0.160. The third-order valence-electron chi connectivity index (χ3n) is 8.13. The van der Waals surface area contributed by atoms with Gasteiger partial charge in [0, 0.05) is 30.4 Å². The molecule has 0 bridgehead atoms. The fraction of sp³-hybridized carbons (Fsp3) is 0.444. The smallest absolute Gasteiger partial charge is 0.378 e. The number of aryl methyl sites for hydroxylation is 1. The van der Waals surface area contributed by atoms with Crippen LogP contribution in [0.15, 0.2) is 42.7 Å². The Kier molecular flexibility index (Phi) is 5.47. The van der Waals surface area contributed by atoms with E-state index in [-0.39, 0.29) is 29.8 Å². The highest BCUT2D eigenvalue weighted by Gasteiger charge is 2.46. The Balaban J connectivity index is 1.34. The molecule has 1 amide bonds. The first-order valence-electron chi connectivity index (χ1n) is 12.4. The van der Waals surface area contributed by atoms with Crippen molar-refractivity contribution < 1.29 is 22.7 Å². The molecule has 194 valence electrons. The molecule has 3 aromatic rings. The summed E-state index contributed by atoms with van der Waals surface area (Å²) in [6.45, 7) is 3.05. The molecule has 2 aromatic carbocycles. The van der Waals surface area contributed by atoms with Gasteiger partial charge in [-0.1, -0.05) is 12.1 Å². The van der Waals surface area contributed by atoms with Crippen molar-refractivity contribution in [3.05, 3.63) is 76.4 Å². The topological polar surface area (TPSA) is 72.3 Å². The van der Waals surface area contributed by atoms with Crippen LogP contribution in [0.4, 0.5) is 18.9 Å². The van der Waals surface area contributed by atoms with Crippen LogP contribution in [0.2, 0.25) is 0 Å². The van der Waals surface area contributed by atoms with E-state index in [1.54, 1.807) is 18.5 Å². The second kappa shape index (κ2) is 8.39. The standard InChI is InChI=1S/C27H28F3N5O2/c1-25(7-4-8-25)31-12-17-9-20-21(22(10-17)27(28,29)30)13-35(23(20)36)19-6-3-5-18(11-19)26(14-37-15-26)24-33-32-16-34(24)2/h3,5-6,9-11,16,31H,4,7-8,12-15H2,1-2H3. The molecule has 3 heterocycles. The van der Waals surface area contributed by atoms with Crippen molar-refractivity contribution in [1.29, 1.82) is 0 Å². The Hall–Kier alpha value is -3.24. The van der Waals surface area contributed by atoms with E-state index >= 15 is 0 Å². The van der Waals surface area contributed by atoms with Gasteiger partial charge in [0.1, 0.15) is 17.6 Å². The first kappa shape index (κ1) is 24.1. The molecule has 1 saturated heterocycles. The maximum absolute atomic E-state index is 14.1. The van der Waals surface area contributed by atoms with Gasteiger partial charge in [0.15, 0.2) is 0 Å². The molecule has 10 heteroatoms. The second-order valence-electron chi connectivity index (χ2n) is 10.7. The third-order valence-corrected chi connectivity index (χ3v) is 8.13. The monoisotopic (exact) mass is 511 g/mol. The molecule has 1 N–H and O–H groups in total. The summed E-state index contributed by atoms with van der Waals surface area (Å²) in [4.78, 5) is 14.9. The van der Waals surface area contributed by atoms with E-state index in [2.05, 4.69) is 22.4 Å². The number of fused-ring (bicyclic) bond motifs is 1. The van der Waals surface area contributed by atoms with Crippen LogP contribution in [0.3, 0.4) is 0 Å². The number of nitrogens with one attached hydrogen (secondary N) is 1. The highest BCUT2D eigenvalue weighted by molar-refractivity contribution is 6.10. The van der Waals surface area contributed by atoms with Gasteiger partial charge < -0.3 is 19.5 Å². The minimum atomic E-state index is -4.56. The SMILES string of the molecule is Cn1cnnc1C1(c2cccc(N3Cc4c(cc(CNC5(C)CCC5)cc4C(F)(F)F)C3=O)c2)COC1. The van der Waals surface area contributed by atoms with Crippen LogP contribution in [-0.2, 0) is 36.5 Å². The lowest BCUT2D eigenvalue weighted by Crippen LogP contribution is -2.49. The minimum absolute atomic E-state index is 0.0245. The fourth-order valence-corrected chi connectivity index (χ4v) is 5.65. The molecule has 1 aliphatic carbocycles. The van der Waals surface area contributed by atoms with Crippen LogP contribution in [0, 0.1) is 0 Å². The van der Waals surface area contributed by atoms with E-state index in [1.165, 1.54) is 11.0 Å². The third kappa shape index (κ3) is 3.93. The van der Waals surface area contributed by atoms with E-state index in [1.807, 2.05) is 29.8 Å². The van der Waals surface area contributed by atoms with Crippen molar-refractivity contribution in [3.8, 4) is 0 Å². The summed E-state index contributed by atoms with van der Waals surface area (Å²) in [7, 11) is 1.86. The van der Waals surface area contributed by atoms with Gasteiger partial charge in [-0.05, 0) is 67.1 Å². The van der Waals surface area contributed by atoms with Crippen LogP contribution in [-0.4, -0.2) is 39.4 Å². The lowest BCUT2D eigenvalue weighted by molar-refractivity contribution is -0.138. The average molecular weight is 512 g/mol. The van der Waals surface area contributed by atoms with Crippen molar-refractivity contribution in [2.75, 3.05) is 18.1 Å². The van der Waals surface area contributed by atoms with E-state index in [0.717, 1.165) is 30.7 Å². The molecular formula is C27H28F3N5O2. The van der Waals surface area contributed by atoms with Crippen molar-refractivity contribution >= 4 is 11.6 Å². The molecule has 37 heavy (non-hydrogen) atoms. The summed E-state index contributed by atoms with van der Waals surface area (Å²) in [5, 5.41) is 11.6. The van der Waals surface area contributed by atoms with Crippen LogP contribution in [0.5, 0.6) is 0 Å². The Labute approximate surface area is 212 Å². The number of alkyl halides is 3. The number of nitrogens with zero attached hydrogens (tertiary/aromatic N) is 4. The maximum Gasteiger partial charge on any atom is 0.416 e. The lowest BCUT2D eigenvalue weighted by atomic mass is 9.77. The van der Waals surface area contributed by atoms with Gasteiger partial charge in [0.2, 0.25) is 0 Å². The normalized spacial score (nSPS) is 19.9. The van der Waals surface area contributed by atoms with Gasteiger partial charge in [0.05, 0.1) is 25.3 Å². The number of benzene rings is 2. The van der Waals surface area contributed by atoms with Crippen molar-refractivity contribution in [3.63, 3.8) is 0 Å². The molecule has 7 nitrogen and oxygen atoms in total.